The van der Waals surface area contributed by atoms with E-state index in [1.54, 1.807) is 0 Å². The molecule has 0 saturated heterocycles. The Kier molecular flexibility index (Phi) is 8.83. The van der Waals surface area contributed by atoms with E-state index in [0.717, 1.165) is 17.5 Å². The molecule has 0 atom stereocenters. The van der Waals surface area contributed by atoms with E-state index in [-0.39, 0.29) is 0 Å². The molecule has 0 aromatic carbocycles. The number of hydrogen-bond donors (Lipinski definition) is 0. The highest BCUT2D eigenvalue weighted by Crippen LogP contribution is 2.10. The summed E-state index contributed by atoms with van der Waals surface area (Å²) >= 11 is 5.26. The van der Waals surface area contributed by atoms with Gasteiger partial charge in [0.1, 0.15) is 0 Å². The first-order valence-electron chi connectivity index (χ1n) is 8.27. The highest BCUT2D eigenvalue weighted by molar-refractivity contribution is 7.58. The molecule has 0 fully saturated rings. The topological polar surface area (TPSA) is 21.7 Å². The van der Waals surface area contributed by atoms with Crippen molar-refractivity contribution < 1.29 is 4.57 Å². The standard InChI is InChI=1S/C16H31N3S/c1-4-5-6-7-8-9-10-11-12-13-14-19-15(2)18(3)17-16(19)20/h4-14H2,1-3H3. The van der Waals surface area contributed by atoms with Gasteiger partial charge >= 0.3 is 0 Å². The summed E-state index contributed by atoms with van der Waals surface area (Å²) in [5.74, 6) is 1.16. The molecule has 1 aromatic heterocycles. The van der Waals surface area contributed by atoms with E-state index in [1.165, 1.54) is 64.2 Å². The van der Waals surface area contributed by atoms with E-state index in [0.29, 0.717) is 0 Å². The van der Waals surface area contributed by atoms with E-state index < -0.39 is 0 Å². The van der Waals surface area contributed by atoms with Crippen LogP contribution >= 0.6 is 0 Å². The Bertz CT molecular complexity index is 374. The molecule has 116 valence electrons. The lowest BCUT2D eigenvalue weighted by Crippen LogP contribution is -2.38. The van der Waals surface area contributed by atoms with Crippen LogP contribution in [0.5, 0.6) is 0 Å². The Morgan fingerprint density at radius 2 is 1.45 bits per heavy atom. The van der Waals surface area contributed by atoms with E-state index >= 15 is 0 Å². The Morgan fingerprint density at radius 3 is 1.90 bits per heavy atom. The third kappa shape index (κ3) is 6.21. The molecule has 20 heavy (non-hydrogen) atoms. The number of aryl methyl sites for hydroxylation is 1. The Hall–Kier alpha value is -0.640. The molecule has 0 unspecified atom stereocenters. The number of rotatable bonds is 11. The first-order chi connectivity index (χ1) is 9.66. The van der Waals surface area contributed by atoms with Gasteiger partial charge in [0.05, 0.1) is 13.6 Å². The van der Waals surface area contributed by atoms with Crippen LogP contribution in [0.2, 0.25) is 0 Å². The molecule has 0 spiro atoms. The van der Waals surface area contributed by atoms with Crippen LogP contribution in [-0.4, -0.2) is 9.78 Å². The maximum absolute atomic E-state index is 5.26. The summed E-state index contributed by atoms with van der Waals surface area (Å²) < 4.78 is 4.03. The minimum atomic E-state index is 0.723. The normalized spacial score (nSPS) is 11.2. The quantitative estimate of drug-likeness (QED) is 0.352. The van der Waals surface area contributed by atoms with Crippen molar-refractivity contribution in [3.8, 4) is 0 Å². The Labute approximate surface area is 130 Å². The van der Waals surface area contributed by atoms with Crippen LogP contribution in [0.1, 0.15) is 77.0 Å². The average Bonchev–Trinajstić information content (AvgIpc) is 2.67. The van der Waals surface area contributed by atoms with Crippen molar-refractivity contribution in [2.45, 2.75) is 89.8 Å². The second-order valence-electron chi connectivity index (χ2n) is 5.79. The number of unbranched alkanes of at least 4 members (excludes halogenated alkanes) is 9. The van der Waals surface area contributed by atoms with Crippen molar-refractivity contribution in [1.82, 2.24) is 9.78 Å². The minimum absolute atomic E-state index is 0.723. The molecule has 4 heteroatoms. The van der Waals surface area contributed by atoms with Gasteiger partial charge in [-0.15, -0.1) is 4.68 Å². The number of aromatic nitrogens is 3. The second-order valence-corrected chi connectivity index (χ2v) is 6.15. The summed E-state index contributed by atoms with van der Waals surface area (Å²) in [6.45, 7) is 5.38. The minimum Gasteiger partial charge on any atom is -0.703 e. The molecule has 3 nitrogen and oxygen atoms in total. The van der Waals surface area contributed by atoms with Gasteiger partial charge in [-0.05, 0) is 6.42 Å². The van der Waals surface area contributed by atoms with Gasteiger partial charge in [-0.3, -0.25) is 4.57 Å². The van der Waals surface area contributed by atoms with Crippen molar-refractivity contribution >= 4 is 12.6 Å². The third-order valence-electron chi connectivity index (χ3n) is 4.06. The first kappa shape index (κ1) is 17.4. The Balaban J connectivity index is 2.00. The predicted octanol–water partition coefficient (Wildman–Crippen LogP) is 3.84. The summed E-state index contributed by atoms with van der Waals surface area (Å²) in [6, 6.07) is 0. The zero-order valence-electron chi connectivity index (χ0n) is 13.5. The second kappa shape index (κ2) is 10.1. The summed E-state index contributed by atoms with van der Waals surface area (Å²) in [5.41, 5.74) is 0. The van der Waals surface area contributed by atoms with Gasteiger partial charge < -0.3 is 12.6 Å². The van der Waals surface area contributed by atoms with Gasteiger partial charge in [-0.25, -0.2) is 0 Å². The van der Waals surface area contributed by atoms with E-state index in [2.05, 4.69) is 23.5 Å². The average molecular weight is 298 g/mol. The summed E-state index contributed by atoms with van der Waals surface area (Å²) in [5, 5.41) is 4.99. The fraction of sp³-hybridized carbons (Fsp3) is 0.875. The number of hydrogen-bond acceptors (Lipinski definition) is 2. The van der Waals surface area contributed by atoms with Crippen molar-refractivity contribution in [3.63, 3.8) is 0 Å². The number of nitrogens with zero attached hydrogens (tertiary/aromatic N) is 3. The van der Waals surface area contributed by atoms with Crippen LogP contribution in [0.15, 0.2) is 5.16 Å². The summed E-state index contributed by atoms with van der Waals surface area (Å²) in [7, 11) is 1.96. The summed E-state index contributed by atoms with van der Waals surface area (Å²) in [4.78, 5) is 0. The monoisotopic (exact) mass is 297 g/mol. The van der Waals surface area contributed by atoms with Crippen LogP contribution in [0.25, 0.3) is 0 Å². The highest BCUT2D eigenvalue weighted by atomic mass is 32.1. The van der Waals surface area contributed by atoms with Crippen molar-refractivity contribution in [2.75, 3.05) is 0 Å². The molecule has 0 N–H and O–H groups in total. The predicted molar refractivity (Wildman–Crippen MR) is 85.6 cm³/mol. The molecular weight excluding hydrogens is 266 g/mol. The van der Waals surface area contributed by atoms with Gasteiger partial charge in [-0.2, -0.15) is 0 Å². The zero-order valence-corrected chi connectivity index (χ0v) is 14.3. The Morgan fingerprint density at radius 1 is 0.950 bits per heavy atom. The van der Waals surface area contributed by atoms with E-state index in [1.807, 2.05) is 11.7 Å². The molecular formula is C16H31N3S. The molecule has 0 aliphatic heterocycles. The molecule has 1 heterocycles. The van der Waals surface area contributed by atoms with Gasteiger partial charge in [0.25, 0.3) is 0 Å². The fourth-order valence-electron chi connectivity index (χ4n) is 2.58. The zero-order chi connectivity index (χ0) is 14.8. The molecule has 0 bridgehead atoms. The highest BCUT2D eigenvalue weighted by Gasteiger charge is 2.10. The molecule has 0 radical (unpaired) electrons. The van der Waals surface area contributed by atoms with E-state index in [9.17, 15) is 0 Å². The molecule has 0 aliphatic rings. The maximum atomic E-state index is 5.26. The fourth-order valence-corrected chi connectivity index (χ4v) is 2.93. The van der Waals surface area contributed by atoms with Gasteiger partial charge in [0.15, 0.2) is 5.16 Å². The smallest absolute Gasteiger partial charge is 0.231 e. The molecule has 0 amide bonds. The van der Waals surface area contributed by atoms with Crippen LogP contribution in [-0.2, 0) is 26.2 Å². The molecule has 0 aliphatic carbocycles. The van der Waals surface area contributed by atoms with Crippen LogP contribution < -0.4 is 4.57 Å². The lowest BCUT2D eigenvalue weighted by molar-refractivity contribution is -0.739. The van der Waals surface area contributed by atoms with Crippen molar-refractivity contribution in [2.24, 2.45) is 7.05 Å². The van der Waals surface area contributed by atoms with Crippen molar-refractivity contribution in [1.29, 1.82) is 0 Å². The largest absolute Gasteiger partial charge is 0.703 e. The lowest BCUT2D eigenvalue weighted by atomic mass is 10.1. The van der Waals surface area contributed by atoms with Crippen LogP contribution in [0.4, 0.5) is 0 Å². The molecule has 0 saturated carbocycles. The first-order valence-corrected chi connectivity index (χ1v) is 8.68. The summed E-state index contributed by atoms with van der Waals surface area (Å²) in [6.07, 6.45) is 13.7. The van der Waals surface area contributed by atoms with E-state index in [4.69, 9.17) is 12.6 Å². The van der Waals surface area contributed by atoms with Crippen LogP contribution in [0, 0.1) is 6.92 Å². The van der Waals surface area contributed by atoms with Gasteiger partial charge in [-0.1, -0.05) is 64.7 Å². The van der Waals surface area contributed by atoms with Crippen molar-refractivity contribution in [3.05, 3.63) is 5.82 Å². The van der Waals surface area contributed by atoms with Gasteiger partial charge in [0, 0.05) is 12.0 Å². The SMILES string of the molecule is CCCCCCCCCCCC[n+]1c([S-])nn(C)c1C. The van der Waals surface area contributed by atoms with Gasteiger partial charge in [0.2, 0.25) is 5.82 Å². The van der Waals surface area contributed by atoms with Crippen LogP contribution in [0.3, 0.4) is 0 Å². The molecule has 1 aromatic rings. The maximum Gasteiger partial charge on any atom is 0.231 e. The third-order valence-corrected chi connectivity index (χ3v) is 4.36. The lowest BCUT2D eigenvalue weighted by Gasteiger charge is -2.05. The molecule has 1 rings (SSSR count).